The summed E-state index contributed by atoms with van der Waals surface area (Å²) in [5.41, 5.74) is 3.13. The van der Waals surface area contributed by atoms with Crippen LogP contribution >= 0.6 is 0 Å². The first-order valence-electron chi connectivity index (χ1n) is 10.5. The number of carbonyl (C=O) groups is 1. The lowest BCUT2D eigenvalue weighted by Crippen LogP contribution is -2.40. The first-order chi connectivity index (χ1) is 13.7. The Kier molecular flexibility index (Phi) is 7.49. The first-order valence-corrected chi connectivity index (χ1v) is 10.5. The number of para-hydroxylation sites is 1. The number of aryl methyl sites for hydroxylation is 1. The molecular weight excluding hydrogens is 348 g/mol. The standard InChI is InChI=1S/C24H32N2O2/c1-3-17-28-23-10-6-5-9-21(23)24(27)25-18-22(26-15-7-4-8-16-26)20-13-11-19(2)12-14-20/h5-6,9-14,22H,3-4,7-8,15-18H2,1-2H3,(H,25,27). The monoisotopic (exact) mass is 380 g/mol. The number of ether oxygens (including phenoxy) is 1. The molecule has 1 atom stereocenters. The van der Waals surface area contributed by atoms with Crippen molar-refractivity contribution < 1.29 is 9.53 Å². The van der Waals surface area contributed by atoms with Gasteiger partial charge >= 0.3 is 0 Å². The molecule has 0 radical (unpaired) electrons. The van der Waals surface area contributed by atoms with Crippen molar-refractivity contribution in [2.75, 3.05) is 26.2 Å². The molecule has 2 aromatic rings. The number of hydrogen-bond donors (Lipinski definition) is 1. The molecule has 1 heterocycles. The molecule has 4 heteroatoms. The number of rotatable bonds is 8. The van der Waals surface area contributed by atoms with Crippen LogP contribution in [0.5, 0.6) is 5.75 Å². The van der Waals surface area contributed by atoms with Crippen LogP contribution in [0.25, 0.3) is 0 Å². The van der Waals surface area contributed by atoms with Gasteiger partial charge in [-0.3, -0.25) is 9.69 Å². The Morgan fingerprint density at radius 2 is 1.79 bits per heavy atom. The smallest absolute Gasteiger partial charge is 0.255 e. The molecule has 150 valence electrons. The normalized spacial score (nSPS) is 15.8. The summed E-state index contributed by atoms with van der Waals surface area (Å²) >= 11 is 0. The molecule has 0 saturated carbocycles. The first kappa shape index (κ1) is 20.4. The summed E-state index contributed by atoms with van der Waals surface area (Å²) in [6.07, 6.45) is 4.67. The van der Waals surface area contributed by atoms with E-state index in [1.807, 2.05) is 24.3 Å². The maximum atomic E-state index is 12.9. The fourth-order valence-electron chi connectivity index (χ4n) is 3.75. The van der Waals surface area contributed by atoms with Crippen LogP contribution in [0.1, 0.15) is 60.1 Å². The Morgan fingerprint density at radius 3 is 2.50 bits per heavy atom. The van der Waals surface area contributed by atoms with Crippen LogP contribution in [0.2, 0.25) is 0 Å². The minimum Gasteiger partial charge on any atom is -0.493 e. The molecule has 0 aliphatic carbocycles. The van der Waals surface area contributed by atoms with E-state index in [-0.39, 0.29) is 11.9 Å². The lowest BCUT2D eigenvalue weighted by atomic mass is 10.0. The minimum absolute atomic E-state index is 0.0687. The fourth-order valence-corrected chi connectivity index (χ4v) is 3.75. The maximum Gasteiger partial charge on any atom is 0.255 e. The van der Waals surface area contributed by atoms with Gasteiger partial charge in [-0.2, -0.15) is 0 Å². The molecule has 1 unspecified atom stereocenters. The third-order valence-corrected chi connectivity index (χ3v) is 5.34. The van der Waals surface area contributed by atoms with Gasteiger partial charge in [0.25, 0.3) is 5.91 Å². The lowest BCUT2D eigenvalue weighted by molar-refractivity contribution is 0.0920. The second-order valence-electron chi connectivity index (χ2n) is 7.58. The average Bonchev–Trinajstić information content (AvgIpc) is 2.74. The average molecular weight is 381 g/mol. The highest BCUT2D eigenvalue weighted by molar-refractivity contribution is 5.96. The molecule has 4 nitrogen and oxygen atoms in total. The maximum absolute atomic E-state index is 12.9. The molecule has 1 fully saturated rings. The Labute approximate surface area is 168 Å². The van der Waals surface area contributed by atoms with E-state index in [9.17, 15) is 4.79 Å². The topological polar surface area (TPSA) is 41.6 Å². The quantitative estimate of drug-likeness (QED) is 0.719. The summed E-state index contributed by atoms with van der Waals surface area (Å²) in [7, 11) is 0. The van der Waals surface area contributed by atoms with Crippen molar-refractivity contribution in [3.63, 3.8) is 0 Å². The number of carbonyl (C=O) groups excluding carboxylic acids is 1. The highest BCUT2D eigenvalue weighted by atomic mass is 16.5. The summed E-state index contributed by atoms with van der Waals surface area (Å²) in [4.78, 5) is 15.4. The van der Waals surface area contributed by atoms with E-state index in [2.05, 4.69) is 48.3 Å². The van der Waals surface area contributed by atoms with Crippen molar-refractivity contribution in [2.24, 2.45) is 0 Å². The number of nitrogens with one attached hydrogen (secondary N) is 1. The highest BCUT2D eigenvalue weighted by Gasteiger charge is 2.23. The fraction of sp³-hybridized carbons (Fsp3) is 0.458. The molecule has 1 aliphatic heterocycles. The molecule has 0 bridgehead atoms. The van der Waals surface area contributed by atoms with Crippen LogP contribution in [-0.2, 0) is 0 Å². The molecule has 0 aromatic heterocycles. The summed E-state index contributed by atoms with van der Waals surface area (Å²) in [6, 6.07) is 16.4. The number of amides is 1. The molecule has 1 aliphatic rings. The second kappa shape index (κ2) is 10.3. The predicted molar refractivity (Wildman–Crippen MR) is 114 cm³/mol. The van der Waals surface area contributed by atoms with Crippen LogP contribution in [0.3, 0.4) is 0 Å². The molecule has 1 N–H and O–H groups in total. The Bertz CT molecular complexity index is 751. The third kappa shape index (κ3) is 5.35. The minimum atomic E-state index is -0.0687. The lowest BCUT2D eigenvalue weighted by Gasteiger charge is -2.35. The van der Waals surface area contributed by atoms with Gasteiger partial charge in [-0.25, -0.2) is 0 Å². The summed E-state index contributed by atoms with van der Waals surface area (Å²) < 4.78 is 5.76. The molecule has 28 heavy (non-hydrogen) atoms. The molecule has 3 rings (SSSR count). The van der Waals surface area contributed by atoms with Crippen molar-refractivity contribution in [2.45, 2.75) is 45.6 Å². The van der Waals surface area contributed by atoms with Crippen molar-refractivity contribution in [1.82, 2.24) is 10.2 Å². The van der Waals surface area contributed by atoms with Crippen LogP contribution in [0, 0.1) is 6.92 Å². The zero-order valence-corrected chi connectivity index (χ0v) is 17.1. The molecule has 1 amide bonds. The van der Waals surface area contributed by atoms with Crippen LogP contribution in [0.15, 0.2) is 48.5 Å². The van der Waals surface area contributed by atoms with Gasteiger partial charge in [-0.15, -0.1) is 0 Å². The Hall–Kier alpha value is -2.33. The Morgan fingerprint density at radius 1 is 1.07 bits per heavy atom. The van der Waals surface area contributed by atoms with Gasteiger partial charge in [0.2, 0.25) is 0 Å². The number of hydrogen-bond acceptors (Lipinski definition) is 3. The number of nitrogens with zero attached hydrogens (tertiary/aromatic N) is 1. The Balaban J connectivity index is 1.72. The van der Waals surface area contributed by atoms with E-state index < -0.39 is 0 Å². The van der Waals surface area contributed by atoms with Gasteiger partial charge in [-0.05, 0) is 57.0 Å². The van der Waals surface area contributed by atoms with E-state index in [0.717, 1.165) is 19.5 Å². The third-order valence-electron chi connectivity index (χ3n) is 5.34. The van der Waals surface area contributed by atoms with E-state index in [0.29, 0.717) is 24.5 Å². The summed E-state index contributed by atoms with van der Waals surface area (Å²) in [5, 5.41) is 3.17. The zero-order chi connectivity index (χ0) is 19.8. The van der Waals surface area contributed by atoms with Crippen molar-refractivity contribution in [3.05, 3.63) is 65.2 Å². The molecular formula is C24H32N2O2. The van der Waals surface area contributed by atoms with Crippen LogP contribution in [-0.4, -0.2) is 37.0 Å². The summed E-state index contributed by atoms with van der Waals surface area (Å²) in [5.74, 6) is 0.590. The predicted octanol–water partition coefficient (Wildman–Crippen LogP) is 4.74. The SMILES string of the molecule is CCCOc1ccccc1C(=O)NCC(c1ccc(C)cc1)N1CCCCC1. The van der Waals surface area contributed by atoms with E-state index in [1.54, 1.807) is 0 Å². The largest absolute Gasteiger partial charge is 0.493 e. The van der Waals surface area contributed by atoms with Gasteiger partial charge in [0.05, 0.1) is 18.2 Å². The van der Waals surface area contributed by atoms with Crippen molar-refractivity contribution >= 4 is 5.91 Å². The van der Waals surface area contributed by atoms with Crippen molar-refractivity contribution in [1.29, 1.82) is 0 Å². The molecule has 0 spiro atoms. The van der Waals surface area contributed by atoms with Gasteiger partial charge in [-0.1, -0.05) is 55.3 Å². The second-order valence-corrected chi connectivity index (χ2v) is 7.58. The van der Waals surface area contributed by atoms with Gasteiger partial charge in [0, 0.05) is 6.54 Å². The van der Waals surface area contributed by atoms with Crippen LogP contribution < -0.4 is 10.1 Å². The van der Waals surface area contributed by atoms with Gasteiger partial charge in [0.15, 0.2) is 0 Å². The molecule has 1 saturated heterocycles. The van der Waals surface area contributed by atoms with E-state index >= 15 is 0 Å². The van der Waals surface area contributed by atoms with Gasteiger partial charge < -0.3 is 10.1 Å². The van der Waals surface area contributed by atoms with E-state index in [4.69, 9.17) is 4.74 Å². The van der Waals surface area contributed by atoms with Gasteiger partial charge in [0.1, 0.15) is 5.75 Å². The number of benzene rings is 2. The highest BCUT2D eigenvalue weighted by Crippen LogP contribution is 2.25. The number of likely N-dealkylation sites (tertiary alicyclic amines) is 1. The number of piperidine rings is 1. The van der Waals surface area contributed by atoms with Crippen molar-refractivity contribution in [3.8, 4) is 5.75 Å². The van der Waals surface area contributed by atoms with Crippen LogP contribution in [0.4, 0.5) is 0 Å². The zero-order valence-electron chi connectivity index (χ0n) is 17.1. The molecule has 2 aromatic carbocycles. The van der Waals surface area contributed by atoms with E-state index in [1.165, 1.54) is 30.4 Å². The summed E-state index contributed by atoms with van der Waals surface area (Å²) in [6.45, 7) is 7.56.